The Morgan fingerprint density at radius 2 is 2.00 bits per heavy atom. The van der Waals surface area contributed by atoms with Crippen molar-refractivity contribution < 1.29 is 0 Å². The second-order valence-corrected chi connectivity index (χ2v) is 5.43. The van der Waals surface area contributed by atoms with Crippen LogP contribution in [0.1, 0.15) is 19.3 Å². The molecule has 2 atom stereocenters. The van der Waals surface area contributed by atoms with Crippen molar-refractivity contribution in [1.29, 1.82) is 0 Å². The molecule has 0 aliphatic heterocycles. The average Bonchev–Trinajstić information content (AvgIpc) is 2.79. The van der Waals surface area contributed by atoms with Crippen molar-refractivity contribution in [1.82, 2.24) is 5.32 Å². The largest absolute Gasteiger partial charge is 0.381 e. The van der Waals surface area contributed by atoms with Gasteiger partial charge in [-0.15, -0.1) is 6.58 Å². The zero-order valence-electron chi connectivity index (χ0n) is 10.3. The lowest BCUT2D eigenvalue weighted by Gasteiger charge is -2.23. The summed E-state index contributed by atoms with van der Waals surface area (Å²) in [7, 11) is 0. The standard InChI is InChI=1S/C14H18Cl2N2/c1-2-8-17-13-4-3-5-14(13)18-10-6-7-11(15)12(16)9-10/h2,6-7,9,13-14,17-18H,1,3-5,8H2/t13-,14-/m1/s1. The van der Waals surface area contributed by atoms with Gasteiger partial charge in [0.2, 0.25) is 0 Å². The van der Waals surface area contributed by atoms with Crippen LogP contribution in [0.3, 0.4) is 0 Å². The zero-order chi connectivity index (χ0) is 13.0. The first-order valence-electron chi connectivity index (χ1n) is 6.26. The first-order valence-corrected chi connectivity index (χ1v) is 7.02. The minimum absolute atomic E-state index is 0.446. The first kappa shape index (κ1) is 13.7. The van der Waals surface area contributed by atoms with E-state index >= 15 is 0 Å². The third-order valence-electron chi connectivity index (χ3n) is 3.31. The summed E-state index contributed by atoms with van der Waals surface area (Å²) in [6, 6.07) is 6.62. The summed E-state index contributed by atoms with van der Waals surface area (Å²) in [4.78, 5) is 0. The SMILES string of the molecule is C=CCN[C@@H]1CCC[C@H]1Nc1ccc(Cl)c(Cl)c1. The van der Waals surface area contributed by atoms with E-state index in [1.54, 1.807) is 0 Å². The maximum Gasteiger partial charge on any atom is 0.0612 e. The average molecular weight is 285 g/mol. The molecular formula is C14H18Cl2N2. The monoisotopic (exact) mass is 284 g/mol. The van der Waals surface area contributed by atoms with Crippen molar-refractivity contribution in [2.75, 3.05) is 11.9 Å². The van der Waals surface area contributed by atoms with Gasteiger partial charge in [-0.05, 0) is 37.5 Å². The predicted molar refractivity (Wildman–Crippen MR) is 79.7 cm³/mol. The van der Waals surface area contributed by atoms with Crippen LogP contribution in [0.25, 0.3) is 0 Å². The Morgan fingerprint density at radius 1 is 1.22 bits per heavy atom. The van der Waals surface area contributed by atoms with Gasteiger partial charge in [0.15, 0.2) is 0 Å². The van der Waals surface area contributed by atoms with Crippen LogP contribution in [0, 0.1) is 0 Å². The Balaban J connectivity index is 1.98. The summed E-state index contributed by atoms with van der Waals surface area (Å²) in [5.41, 5.74) is 1.03. The molecule has 1 saturated carbocycles. The number of nitrogens with one attached hydrogen (secondary N) is 2. The fourth-order valence-corrected chi connectivity index (χ4v) is 2.71. The van der Waals surface area contributed by atoms with Gasteiger partial charge < -0.3 is 10.6 Å². The fourth-order valence-electron chi connectivity index (χ4n) is 2.41. The Labute approximate surface area is 118 Å². The van der Waals surface area contributed by atoms with Gasteiger partial charge in [0.1, 0.15) is 0 Å². The molecule has 1 aliphatic rings. The van der Waals surface area contributed by atoms with E-state index in [1.807, 2.05) is 24.3 Å². The molecule has 0 radical (unpaired) electrons. The summed E-state index contributed by atoms with van der Waals surface area (Å²) in [6.45, 7) is 4.59. The molecule has 18 heavy (non-hydrogen) atoms. The first-order chi connectivity index (χ1) is 8.70. The molecule has 0 aromatic heterocycles. The number of hydrogen-bond acceptors (Lipinski definition) is 2. The minimum atomic E-state index is 0.446. The van der Waals surface area contributed by atoms with Crippen molar-refractivity contribution in [3.63, 3.8) is 0 Å². The lowest BCUT2D eigenvalue weighted by atomic mass is 10.1. The van der Waals surface area contributed by atoms with E-state index in [9.17, 15) is 0 Å². The number of hydrogen-bond donors (Lipinski definition) is 2. The van der Waals surface area contributed by atoms with E-state index in [2.05, 4.69) is 17.2 Å². The van der Waals surface area contributed by atoms with Crippen LogP contribution in [-0.4, -0.2) is 18.6 Å². The van der Waals surface area contributed by atoms with Gasteiger partial charge in [-0.1, -0.05) is 29.3 Å². The van der Waals surface area contributed by atoms with Crippen molar-refractivity contribution in [2.24, 2.45) is 0 Å². The van der Waals surface area contributed by atoms with Crippen LogP contribution in [0.5, 0.6) is 0 Å². The fraction of sp³-hybridized carbons (Fsp3) is 0.429. The second-order valence-electron chi connectivity index (χ2n) is 4.61. The molecule has 98 valence electrons. The van der Waals surface area contributed by atoms with Crippen LogP contribution in [0.2, 0.25) is 10.0 Å². The predicted octanol–water partition coefficient (Wildman–Crippen LogP) is 4.10. The van der Waals surface area contributed by atoms with Gasteiger partial charge in [0, 0.05) is 24.3 Å². The highest BCUT2D eigenvalue weighted by molar-refractivity contribution is 6.42. The Kier molecular flexibility index (Phi) is 4.93. The molecule has 0 saturated heterocycles. The molecule has 2 N–H and O–H groups in total. The number of benzene rings is 1. The number of rotatable bonds is 5. The van der Waals surface area contributed by atoms with Crippen LogP contribution in [0.15, 0.2) is 30.9 Å². The molecule has 0 bridgehead atoms. The van der Waals surface area contributed by atoms with E-state index in [1.165, 1.54) is 19.3 Å². The van der Waals surface area contributed by atoms with Crippen LogP contribution in [0.4, 0.5) is 5.69 Å². The molecule has 2 nitrogen and oxygen atoms in total. The van der Waals surface area contributed by atoms with E-state index in [0.717, 1.165) is 12.2 Å². The molecule has 0 unspecified atom stereocenters. The van der Waals surface area contributed by atoms with Gasteiger partial charge in [-0.3, -0.25) is 0 Å². The Morgan fingerprint density at radius 3 is 2.72 bits per heavy atom. The second kappa shape index (κ2) is 6.46. The van der Waals surface area contributed by atoms with Crippen LogP contribution >= 0.6 is 23.2 Å². The van der Waals surface area contributed by atoms with E-state index < -0.39 is 0 Å². The van der Waals surface area contributed by atoms with Crippen LogP contribution < -0.4 is 10.6 Å². The lowest BCUT2D eigenvalue weighted by Crippen LogP contribution is -2.40. The topological polar surface area (TPSA) is 24.1 Å². The smallest absolute Gasteiger partial charge is 0.0612 e. The van der Waals surface area contributed by atoms with Crippen molar-refractivity contribution in [3.8, 4) is 0 Å². The molecule has 1 aromatic rings. The summed E-state index contributed by atoms with van der Waals surface area (Å²) in [5, 5.41) is 8.20. The molecule has 1 aliphatic carbocycles. The van der Waals surface area contributed by atoms with Crippen molar-refractivity contribution >= 4 is 28.9 Å². The highest BCUT2D eigenvalue weighted by atomic mass is 35.5. The minimum Gasteiger partial charge on any atom is -0.381 e. The van der Waals surface area contributed by atoms with E-state index in [4.69, 9.17) is 23.2 Å². The van der Waals surface area contributed by atoms with Gasteiger partial charge in [-0.2, -0.15) is 0 Å². The Bertz CT molecular complexity index is 420. The maximum atomic E-state index is 6.02. The maximum absolute atomic E-state index is 6.02. The summed E-state index contributed by atoms with van der Waals surface area (Å²) >= 11 is 11.9. The van der Waals surface area contributed by atoms with Gasteiger partial charge in [0.25, 0.3) is 0 Å². The third-order valence-corrected chi connectivity index (χ3v) is 4.05. The molecule has 0 spiro atoms. The molecule has 0 amide bonds. The molecule has 1 fully saturated rings. The van der Waals surface area contributed by atoms with Crippen molar-refractivity contribution in [3.05, 3.63) is 40.9 Å². The highest BCUT2D eigenvalue weighted by Gasteiger charge is 2.26. The van der Waals surface area contributed by atoms with Crippen LogP contribution in [-0.2, 0) is 0 Å². The molecule has 0 heterocycles. The normalized spacial score (nSPS) is 23.0. The summed E-state index contributed by atoms with van der Waals surface area (Å²) in [5.74, 6) is 0. The number of halogens is 2. The van der Waals surface area contributed by atoms with Gasteiger partial charge >= 0.3 is 0 Å². The molecule has 2 rings (SSSR count). The summed E-state index contributed by atoms with van der Waals surface area (Å²) in [6.07, 6.45) is 5.52. The highest BCUT2D eigenvalue weighted by Crippen LogP contribution is 2.28. The zero-order valence-corrected chi connectivity index (χ0v) is 11.8. The third kappa shape index (κ3) is 3.41. The van der Waals surface area contributed by atoms with Crippen molar-refractivity contribution in [2.45, 2.75) is 31.3 Å². The lowest BCUT2D eigenvalue weighted by molar-refractivity contribution is 0.520. The molecular weight excluding hydrogens is 267 g/mol. The van der Waals surface area contributed by atoms with Gasteiger partial charge in [0.05, 0.1) is 10.0 Å². The van der Waals surface area contributed by atoms with E-state index in [-0.39, 0.29) is 0 Å². The summed E-state index contributed by atoms with van der Waals surface area (Å²) < 4.78 is 0. The number of anilines is 1. The van der Waals surface area contributed by atoms with E-state index in [0.29, 0.717) is 22.1 Å². The Hall–Kier alpha value is -0.700. The molecule has 4 heteroatoms. The van der Waals surface area contributed by atoms with Gasteiger partial charge in [-0.25, -0.2) is 0 Å². The molecule has 1 aromatic carbocycles. The quantitative estimate of drug-likeness (QED) is 0.796.